The van der Waals surface area contributed by atoms with E-state index >= 15 is 0 Å². The van der Waals surface area contributed by atoms with Crippen molar-refractivity contribution in [1.29, 1.82) is 0 Å². The molecule has 2 unspecified atom stereocenters. The van der Waals surface area contributed by atoms with E-state index in [1.54, 1.807) is 12.1 Å². The molecular formula is C16H21F2N. The fourth-order valence-electron chi connectivity index (χ4n) is 3.96. The molecule has 1 saturated heterocycles. The standard InChI is InChI=1S/C16H21F2N/c17-15-7-3-6-13(16(15)18)12-8-9-19-10-14(12)11-4-1-2-5-11/h3,6-7,11-12,14,19H,1-2,4-5,8-10H2. The zero-order valence-electron chi connectivity index (χ0n) is 11.2. The van der Waals surface area contributed by atoms with Gasteiger partial charge in [-0.15, -0.1) is 0 Å². The van der Waals surface area contributed by atoms with E-state index < -0.39 is 11.6 Å². The van der Waals surface area contributed by atoms with Crippen LogP contribution in [0.3, 0.4) is 0 Å². The summed E-state index contributed by atoms with van der Waals surface area (Å²) in [6, 6.07) is 4.63. The zero-order chi connectivity index (χ0) is 13.2. The second-order valence-corrected chi connectivity index (χ2v) is 5.95. The molecule has 1 heterocycles. The largest absolute Gasteiger partial charge is 0.316 e. The predicted octanol–water partition coefficient (Wildman–Crippen LogP) is 3.85. The Hall–Kier alpha value is -0.960. The van der Waals surface area contributed by atoms with Crippen LogP contribution >= 0.6 is 0 Å². The van der Waals surface area contributed by atoms with Crippen molar-refractivity contribution in [2.75, 3.05) is 13.1 Å². The minimum atomic E-state index is -0.707. The maximum atomic E-state index is 14.1. The highest BCUT2D eigenvalue weighted by molar-refractivity contribution is 5.25. The first-order valence-corrected chi connectivity index (χ1v) is 7.42. The van der Waals surface area contributed by atoms with Gasteiger partial charge >= 0.3 is 0 Å². The molecule has 1 aliphatic heterocycles. The predicted molar refractivity (Wildman–Crippen MR) is 72.0 cm³/mol. The summed E-state index contributed by atoms with van der Waals surface area (Å²) in [5.41, 5.74) is 0.596. The van der Waals surface area contributed by atoms with Crippen molar-refractivity contribution in [1.82, 2.24) is 5.32 Å². The molecule has 1 aliphatic carbocycles. The van der Waals surface area contributed by atoms with Gasteiger partial charge in [-0.25, -0.2) is 8.78 Å². The summed E-state index contributed by atoms with van der Waals surface area (Å²) in [7, 11) is 0. The lowest BCUT2D eigenvalue weighted by molar-refractivity contribution is 0.226. The van der Waals surface area contributed by atoms with Gasteiger partial charge in [0.1, 0.15) is 0 Å². The van der Waals surface area contributed by atoms with Crippen molar-refractivity contribution in [3.63, 3.8) is 0 Å². The van der Waals surface area contributed by atoms with E-state index in [4.69, 9.17) is 0 Å². The topological polar surface area (TPSA) is 12.0 Å². The Labute approximate surface area is 113 Å². The average Bonchev–Trinajstić information content (AvgIpc) is 2.96. The Morgan fingerprint density at radius 2 is 1.84 bits per heavy atom. The maximum Gasteiger partial charge on any atom is 0.162 e. The van der Waals surface area contributed by atoms with E-state index in [1.165, 1.54) is 31.7 Å². The fourth-order valence-corrected chi connectivity index (χ4v) is 3.96. The summed E-state index contributed by atoms with van der Waals surface area (Å²) in [4.78, 5) is 0. The Morgan fingerprint density at radius 3 is 2.63 bits per heavy atom. The highest BCUT2D eigenvalue weighted by atomic mass is 19.2. The molecule has 0 amide bonds. The normalized spacial score (nSPS) is 28.7. The summed E-state index contributed by atoms with van der Waals surface area (Å²) in [6.45, 7) is 1.86. The van der Waals surface area contributed by atoms with Crippen LogP contribution in [0.25, 0.3) is 0 Å². The molecule has 3 rings (SSSR count). The van der Waals surface area contributed by atoms with E-state index in [0.717, 1.165) is 19.5 Å². The molecule has 1 N–H and O–H groups in total. The molecule has 2 fully saturated rings. The smallest absolute Gasteiger partial charge is 0.162 e. The molecule has 0 radical (unpaired) electrons. The molecule has 104 valence electrons. The van der Waals surface area contributed by atoms with Crippen molar-refractivity contribution in [3.8, 4) is 0 Å². The first kappa shape index (κ1) is 13.0. The van der Waals surface area contributed by atoms with Crippen LogP contribution in [-0.4, -0.2) is 13.1 Å². The number of hydrogen-bond donors (Lipinski definition) is 1. The van der Waals surface area contributed by atoms with Crippen LogP contribution in [0.1, 0.15) is 43.6 Å². The average molecular weight is 265 g/mol. The second kappa shape index (κ2) is 5.58. The van der Waals surface area contributed by atoms with E-state index in [1.807, 2.05) is 0 Å². The van der Waals surface area contributed by atoms with Gasteiger partial charge in [0.25, 0.3) is 0 Å². The molecule has 0 spiro atoms. The van der Waals surface area contributed by atoms with Gasteiger partial charge in [-0.1, -0.05) is 37.8 Å². The van der Waals surface area contributed by atoms with Gasteiger partial charge in [0.2, 0.25) is 0 Å². The molecule has 1 nitrogen and oxygen atoms in total. The van der Waals surface area contributed by atoms with Crippen LogP contribution in [0.5, 0.6) is 0 Å². The molecule has 19 heavy (non-hydrogen) atoms. The highest BCUT2D eigenvalue weighted by Crippen LogP contribution is 2.42. The molecule has 2 atom stereocenters. The zero-order valence-corrected chi connectivity index (χ0v) is 11.2. The lowest BCUT2D eigenvalue weighted by Crippen LogP contribution is -2.39. The van der Waals surface area contributed by atoms with E-state index in [2.05, 4.69) is 5.32 Å². The number of hydrogen-bond acceptors (Lipinski definition) is 1. The number of halogens is 2. The first-order chi connectivity index (χ1) is 9.27. The Bertz CT molecular complexity index is 440. The Morgan fingerprint density at radius 1 is 1.05 bits per heavy atom. The Kier molecular flexibility index (Phi) is 3.83. The third-order valence-electron chi connectivity index (χ3n) is 4.92. The summed E-state index contributed by atoms with van der Waals surface area (Å²) >= 11 is 0. The van der Waals surface area contributed by atoms with Gasteiger partial charge in [-0.3, -0.25) is 0 Å². The van der Waals surface area contributed by atoms with E-state index in [0.29, 0.717) is 17.4 Å². The summed E-state index contributed by atoms with van der Waals surface area (Å²) in [5, 5.41) is 3.43. The van der Waals surface area contributed by atoms with Crippen LogP contribution in [-0.2, 0) is 0 Å². The van der Waals surface area contributed by atoms with Gasteiger partial charge in [0, 0.05) is 0 Å². The van der Waals surface area contributed by atoms with E-state index in [9.17, 15) is 8.78 Å². The quantitative estimate of drug-likeness (QED) is 0.856. The van der Waals surface area contributed by atoms with Gasteiger partial charge in [0.05, 0.1) is 0 Å². The number of rotatable bonds is 2. The van der Waals surface area contributed by atoms with Gasteiger partial charge in [-0.2, -0.15) is 0 Å². The molecule has 1 aromatic rings. The van der Waals surface area contributed by atoms with Crippen molar-refractivity contribution in [2.45, 2.75) is 38.0 Å². The minimum absolute atomic E-state index is 0.181. The molecule has 3 heteroatoms. The monoisotopic (exact) mass is 265 g/mol. The number of benzene rings is 1. The van der Waals surface area contributed by atoms with Gasteiger partial charge in [0.15, 0.2) is 11.6 Å². The van der Waals surface area contributed by atoms with Crippen LogP contribution in [0.15, 0.2) is 18.2 Å². The van der Waals surface area contributed by atoms with Crippen LogP contribution < -0.4 is 5.32 Å². The van der Waals surface area contributed by atoms with Crippen molar-refractivity contribution in [2.24, 2.45) is 11.8 Å². The minimum Gasteiger partial charge on any atom is -0.316 e. The van der Waals surface area contributed by atoms with E-state index in [-0.39, 0.29) is 5.92 Å². The third kappa shape index (κ3) is 2.53. The van der Waals surface area contributed by atoms with Crippen LogP contribution in [0.4, 0.5) is 8.78 Å². The summed E-state index contributed by atoms with van der Waals surface area (Å²) in [6.07, 6.45) is 6.00. The van der Waals surface area contributed by atoms with Crippen LogP contribution in [0.2, 0.25) is 0 Å². The molecule has 1 aromatic carbocycles. The van der Waals surface area contributed by atoms with Crippen molar-refractivity contribution >= 4 is 0 Å². The lowest BCUT2D eigenvalue weighted by Gasteiger charge is -2.36. The molecular weight excluding hydrogens is 244 g/mol. The third-order valence-corrected chi connectivity index (χ3v) is 4.92. The number of piperidine rings is 1. The van der Waals surface area contributed by atoms with Crippen LogP contribution in [0, 0.1) is 23.5 Å². The Balaban J connectivity index is 1.89. The lowest BCUT2D eigenvalue weighted by atomic mass is 9.73. The first-order valence-electron chi connectivity index (χ1n) is 7.42. The number of nitrogens with one attached hydrogen (secondary N) is 1. The van der Waals surface area contributed by atoms with Gasteiger partial charge < -0.3 is 5.32 Å². The second-order valence-electron chi connectivity index (χ2n) is 5.95. The molecule has 1 saturated carbocycles. The van der Waals surface area contributed by atoms with Gasteiger partial charge in [-0.05, 0) is 48.9 Å². The molecule has 0 aromatic heterocycles. The van der Waals surface area contributed by atoms with Crippen molar-refractivity contribution < 1.29 is 8.78 Å². The highest BCUT2D eigenvalue weighted by Gasteiger charge is 2.35. The summed E-state index contributed by atoms with van der Waals surface area (Å²) < 4.78 is 27.5. The molecule has 0 bridgehead atoms. The SMILES string of the molecule is Fc1cccc(C2CCNCC2C2CCCC2)c1F. The fraction of sp³-hybridized carbons (Fsp3) is 0.625. The summed E-state index contributed by atoms with van der Waals surface area (Å²) in [5.74, 6) is -0.00771. The van der Waals surface area contributed by atoms with Crippen molar-refractivity contribution in [3.05, 3.63) is 35.4 Å². The molecule has 2 aliphatic rings. The maximum absolute atomic E-state index is 14.1.